The van der Waals surface area contributed by atoms with Crippen molar-refractivity contribution in [3.8, 4) is 0 Å². The number of hydrogen-bond acceptors (Lipinski definition) is 7. The Morgan fingerprint density at radius 2 is 2.00 bits per heavy atom. The highest BCUT2D eigenvalue weighted by Crippen LogP contribution is 2.35. The van der Waals surface area contributed by atoms with Crippen LogP contribution in [0.1, 0.15) is 28.0 Å². The van der Waals surface area contributed by atoms with Crippen molar-refractivity contribution in [3.05, 3.63) is 53.7 Å². The standard InChI is InChI=1S/C19H18N2O6S2/c1-3-10-28-18-15-14(9-8-13(16(15)22)17(23)19(24)25)21(20-18)29(26,27)12-6-4-11(2)5-7-12/h3-7,13H,1,8-10H2,2H3,(H,24,25). The van der Waals surface area contributed by atoms with Gasteiger partial charge in [-0.15, -0.1) is 6.58 Å². The van der Waals surface area contributed by atoms with Crippen LogP contribution >= 0.6 is 11.8 Å². The number of carbonyl (C=O) groups is 3. The molecule has 10 heteroatoms. The minimum atomic E-state index is -4.07. The number of benzene rings is 1. The maximum Gasteiger partial charge on any atom is 0.372 e. The number of carboxylic acids is 1. The summed E-state index contributed by atoms with van der Waals surface area (Å²) in [7, 11) is -4.07. The lowest BCUT2D eigenvalue weighted by molar-refractivity contribution is -0.150. The van der Waals surface area contributed by atoms with Gasteiger partial charge in [0, 0.05) is 5.75 Å². The molecule has 1 heterocycles. The predicted molar refractivity (Wildman–Crippen MR) is 106 cm³/mol. The van der Waals surface area contributed by atoms with E-state index in [9.17, 15) is 22.8 Å². The minimum Gasteiger partial charge on any atom is -0.475 e. The summed E-state index contributed by atoms with van der Waals surface area (Å²) in [5.41, 5.74) is 1.05. The number of Topliss-reactive ketones (excluding diaryl/α,β-unsaturated/α-hetero) is 2. The molecule has 0 saturated heterocycles. The number of aromatic nitrogens is 2. The van der Waals surface area contributed by atoms with Crippen LogP contribution in [-0.4, -0.2) is 46.0 Å². The van der Waals surface area contributed by atoms with Crippen LogP contribution in [-0.2, 0) is 26.0 Å². The van der Waals surface area contributed by atoms with Gasteiger partial charge < -0.3 is 5.11 Å². The number of hydrogen-bond donors (Lipinski definition) is 1. The number of carbonyl (C=O) groups excluding carboxylic acids is 2. The van der Waals surface area contributed by atoms with E-state index in [1.807, 2.05) is 6.92 Å². The van der Waals surface area contributed by atoms with Gasteiger partial charge in [-0.05, 0) is 31.9 Å². The number of ketones is 2. The van der Waals surface area contributed by atoms with E-state index < -0.39 is 33.5 Å². The van der Waals surface area contributed by atoms with E-state index in [0.717, 1.165) is 21.4 Å². The molecule has 2 aromatic rings. The molecule has 0 radical (unpaired) electrons. The second-order valence-electron chi connectivity index (χ2n) is 6.51. The largest absolute Gasteiger partial charge is 0.475 e. The highest BCUT2D eigenvalue weighted by Gasteiger charge is 2.41. The Hall–Kier alpha value is -2.72. The van der Waals surface area contributed by atoms with Crippen molar-refractivity contribution < 1.29 is 27.9 Å². The quantitative estimate of drug-likeness (QED) is 0.304. The van der Waals surface area contributed by atoms with Crippen LogP contribution in [0, 0.1) is 12.8 Å². The van der Waals surface area contributed by atoms with E-state index in [4.69, 9.17) is 5.11 Å². The molecule has 29 heavy (non-hydrogen) atoms. The summed E-state index contributed by atoms with van der Waals surface area (Å²) >= 11 is 1.10. The Morgan fingerprint density at radius 1 is 1.34 bits per heavy atom. The van der Waals surface area contributed by atoms with E-state index in [1.165, 1.54) is 12.1 Å². The van der Waals surface area contributed by atoms with Crippen molar-refractivity contribution in [2.45, 2.75) is 29.7 Å². The fraction of sp³-hybridized carbons (Fsp3) is 0.263. The average Bonchev–Trinajstić information content (AvgIpc) is 3.06. The minimum absolute atomic E-state index is 0.00149. The topological polar surface area (TPSA) is 123 Å². The molecule has 8 nitrogen and oxygen atoms in total. The molecule has 1 aliphatic carbocycles. The summed E-state index contributed by atoms with van der Waals surface area (Å²) in [6.07, 6.45) is 1.52. The highest BCUT2D eigenvalue weighted by molar-refractivity contribution is 7.99. The van der Waals surface area contributed by atoms with Crippen LogP contribution in [0.2, 0.25) is 0 Å². The monoisotopic (exact) mass is 434 g/mol. The molecule has 0 saturated carbocycles. The normalized spacial score (nSPS) is 16.3. The zero-order valence-corrected chi connectivity index (χ0v) is 17.1. The van der Waals surface area contributed by atoms with Crippen molar-refractivity contribution in [3.63, 3.8) is 0 Å². The molecule has 1 unspecified atom stereocenters. The van der Waals surface area contributed by atoms with Gasteiger partial charge in [-0.2, -0.15) is 17.6 Å². The summed E-state index contributed by atoms with van der Waals surface area (Å²) in [5.74, 6) is -4.58. The van der Waals surface area contributed by atoms with Gasteiger partial charge in [0.15, 0.2) is 5.78 Å². The van der Waals surface area contributed by atoms with Crippen molar-refractivity contribution >= 4 is 39.3 Å². The first-order chi connectivity index (χ1) is 13.7. The molecule has 1 aromatic carbocycles. The van der Waals surface area contributed by atoms with Crippen LogP contribution in [0.25, 0.3) is 0 Å². The van der Waals surface area contributed by atoms with Crippen molar-refractivity contribution in [2.75, 3.05) is 5.75 Å². The van der Waals surface area contributed by atoms with Crippen molar-refractivity contribution in [2.24, 2.45) is 5.92 Å². The summed E-state index contributed by atoms with van der Waals surface area (Å²) in [6, 6.07) is 6.22. The summed E-state index contributed by atoms with van der Waals surface area (Å²) in [4.78, 5) is 35.9. The molecule has 0 spiro atoms. The Bertz CT molecular complexity index is 1120. The first kappa shape index (κ1) is 21.0. The number of aliphatic carboxylic acids is 1. The lowest BCUT2D eigenvalue weighted by Gasteiger charge is -2.19. The number of carboxylic acid groups (broad SMARTS) is 1. The molecule has 0 fully saturated rings. The second-order valence-corrected chi connectivity index (χ2v) is 9.29. The fourth-order valence-corrected chi connectivity index (χ4v) is 5.28. The Labute approximate surface area is 171 Å². The lowest BCUT2D eigenvalue weighted by atomic mass is 9.84. The molecule has 1 aliphatic rings. The van der Waals surface area contributed by atoms with Gasteiger partial charge in [-0.3, -0.25) is 9.59 Å². The zero-order chi connectivity index (χ0) is 21.3. The van der Waals surface area contributed by atoms with E-state index >= 15 is 0 Å². The molecule has 0 aliphatic heterocycles. The van der Waals surface area contributed by atoms with Crippen LogP contribution < -0.4 is 0 Å². The summed E-state index contributed by atoms with van der Waals surface area (Å²) < 4.78 is 27.1. The Kier molecular flexibility index (Phi) is 5.76. The maximum atomic E-state index is 13.1. The summed E-state index contributed by atoms with van der Waals surface area (Å²) in [6.45, 7) is 5.42. The first-order valence-electron chi connectivity index (χ1n) is 8.67. The third kappa shape index (κ3) is 3.77. The number of fused-ring (bicyclic) bond motifs is 1. The predicted octanol–water partition coefficient (Wildman–Crippen LogP) is 2.11. The van der Waals surface area contributed by atoms with E-state index in [2.05, 4.69) is 11.7 Å². The van der Waals surface area contributed by atoms with Crippen LogP contribution in [0.15, 0.2) is 46.8 Å². The number of aryl methyl sites for hydroxylation is 1. The second kappa shape index (κ2) is 7.96. The number of rotatable bonds is 7. The molecule has 0 bridgehead atoms. The third-order valence-electron chi connectivity index (χ3n) is 4.56. The van der Waals surface area contributed by atoms with Gasteiger partial charge in [0.25, 0.3) is 15.8 Å². The molecule has 1 N–H and O–H groups in total. The Morgan fingerprint density at radius 3 is 2.59 bits per heavy atom. The molecule has 3 rings (SSSR count). The van der Waals surface area contributed by atoms with Crippen molar-refractivity contribution in [1.29, 1.82) is 0 Å². The van der Waals surface area contributed by atoms with Gasteiger partial charge in [0.1, 0.15) is 5.03 Å². The van der Waals surface area contributed by atoms with Gasteiger partial charge in [-0.1, -0.05) is 35.5 Å². The van der Waals surface area contributed by atoms with Crippen LogP contribution in [0.3, 0.4) is 0 Å². The van der Waals surface area contributed by atoms with Gasteiger partial charge in [-0.25, -0.2) is 4.79 Å². The smallest absolute Gasteiger partial charge is 0.372 e. The first-order valence-corrected chi connectivity index (χ1v) is 11.1. The molecule has 1 aromatic heterocycles. The fourth-order valence-electron chi connectivity index (χ4n) is 3.11. The molecule has 1 atom stereocenters. The molecule has 0 amide bonds. The van der Waals surface area contributed by atoms with E-state index in [-0.39, 0.29) is 34.0 Å². The highest BCUT2D eigenvalue weighted by atomic mass is 32.2. The molecular formula is C19H18N2O6S2. The molecule has 152 valence electrons. The lowest BCUT2D eigenvalue weighted by Crippen LogP contribution is -2.34. The number of thioether (sulfide) groups is 1. The van der Waals surface area contributed by atoms with Crippen LogP contribution in [0.4, 0.5) is 0 Å². The van der Waals surface area contributed by atoms with Gasteiger partial charge in [0.05, 0.1) is 22.1 Å². The SMILES string of the molecule is C=CCSc1nn(S(=O)(=O)c2ccc(C)cc2)c2c1C(=O)C(C(=O)C(=O)O)CC2. The van der Waals surface area contributed by atoms with E-state index in [1.54, 1.807) is 18.2 Å². The summed E-state index contributed by atoms with van der Waals surface area (Å²) in [5, 5.41) is 13.3. The third-order valence-corrected chi connectivity index (χ3v) is 7.15. The zero-order valence-electron chi connectivity index (χ0n) is 15.5. The average molecular weight is 434 g/mol. The maximum absolute atomic E-state index is 13.1. The van der Waals surface area contributed by atoms with Crippen LogP contribution in [0.5, 0.6) is 0 Å². The van der Waals surface area contributed by atoms with E-state index in [0.29, 0.717) is 5.75 Å². The van der Waals surface area contributed by atoms with Gasteiger partial charge >= 0.3 is 5.97 Å². The van der Waals surface area contributed by atoms with Gasteiger partial charge in [0.2, 0.25) is 0 Å². The molecular weight excluding hydrogens is 416 g/mol. The van der Waals surface area contributed by atoms with Crippen molar-refractivity contribution in [1.82, 2.24) is 9.19 Å². The number of nitrogens with zero attached hydrogens (tertiary/aromatic N) is 2. The Balaban J connectivity index is 2.15.